The van der Waals surface area contributed by atoms with Crippen LogP contribution in [0.25, 0.3) is 11.4 Å². The maximum Gasteiger partial charge on any atom is 0.254 e. The van der Waals surface area contributed by atoms with Gasteiger partial charge in [-0.25, -0.2) is 4.39 Å². The molecular weight excluding hydrogens is 311 g/mol. The third-order valence-corrected chi connectivity index (χ3v) is 3.57. The molecule has 0 bridgehead atoms. The summed E-state index contributed by atoms with van der Waals surface area (Å²) in [6.45, 7) is 7.32. The number of carbonyl (C=O) groups excluding carboxylic acids is 1. The molecule has 2 aromatic rings. The van der Waals surface area contributed by atoms with Crippen molar-refractivity contribution in [3.8, 4) is 11.4 Å². The third kappa shape index (κ3) is 4.61. The van der Waals surface area contributed by atoms with E-state index in [1.54, 1.807) is 13.0 Å². The van der Waals surface area contributed by atoms with Gasteiger partial charge in [-0.15, -0.1) is 0 Å². The van der Waals surface area contributed by atoms with Crippen LogP contribution in [0.1, 0.15) is 36.5 Å². The number of aromatic nitrogens is 2. The van der Waals surface area contributed by atoms with Crippen molar-refractivity contribution in [1.29, 1.82) is 0 Å². The Labute approximate surface area is 141 Å². The van der Waals surface area contributed by atoms with Crippen LogP contribution >= 0.6 is 0 Å². The van der Waals surface area contributed by atoms with Crippen LogP contribution in [0.15, 0.2) is 22.7 Å². The topological polar surface area (TPSA) is 71.3 Å². The molecule has 1 amide bonds. The van der Waals surface area contributed by atoms with Gasteiger partial charge in [-0.2, -0.15) is 4.98 Å². The predicted octanol–water partition coefficient (Wildman–Crippen LogP) is 2.64. The number of benzene rings is 1. The van der Waals surface area contributed by atoms with E-state index in [9.17, 15) is 9.18 Å². The lowest BCUT2D eigenvalue weighted by molar-refractivity contribution is 0.0928. The summed E-state index contributed by atoms with van der Waals surface area (Å²) in [5.41, 5.74) is 0.473. The molecule has 0 saturated carbocycles. The molecule has 0 aliphatic carbocycles. The minimum absolute atomic E-state index is 0.00367. The Bertz CT molecular complexity index is 702. The fourth-order valence-corrected chi connectivity index (χ4v) is 2.54. The van der Waals surface area contributed by atoms with Crippen LogP contribution in [0, 0.1) is 12.7 Å². The Morgan fingerprint density at radius 1 is 1.46 bits per heavy atom. The predicted molar refractivity (Wildman–Crippen MR) is 89.1 cm³/mol. The number of likely N-dealkylation sites (N-methyl/N-ethyl adjacent to an activating group) is 1. The van der Waals surface area contributed by atoms with E-state index in [4.69, 9.17) is 4.52 Å². The van der Waals surface area contributed by atoms with Gasteiger partial charge in [0.05, 0.1) is 5.56 Å². The Morgan fingerprint density at radius 3 is 2.79 bits per heavy atom. The zero-order valence-electron chi connectivity index (χ0n) is 14.5. The molecule has 0 unspecified atom stereocenters. The van der Waals surface area contributed by atoms with E-state index in [2.05, 4.69) is 27.3 Å². The van der Waals surface area contributed by atoms with Gasteiger partial charge in [0.2, 0.25) is 11.7 Å². The zero-order valence-corrected chi connectivity index (χ0v) is 14.5. The van der Waals surface area contributed by atoms with Gasteiger partial charge < -0.3 is 14.7 Å². The molecule has 2 rings (SSSR count). The Balaban J connectivity index is 2.04. The smallest absolute Gasteiger partial charge is 0.254 e. The van der Waals surface area contributed by atoms with E-state index in [1.807, 2.05) is 14.0 Å². The molecule has 1 aromatic carbocycles. The minimum atomic E-state index is -0.610. The molecule has 130 valence electrons. The average molecular weight is 334 g/mol. The van der Waals surface area contributed by atoms with Crippen molar-refractivity contribution in [1.82, 2.24) is 20.4 Å². The van der Waals surface area contributed by atoms with Gasteiger partial charge in [0.15, 0.2) is 0 Å². The fraction of sp³-hybridized carbons (Fsp3) is 0.471. The van der Waals surface area contributed by atoms with Crippen molar-refractivity contribution >= 4 is 5.91 Å². The van der Waals surface area contributed by atoms with E-state index in [0.717, 1.165) is 13.0 Å². The number of amides is 1. The second kappa shape index (κ2) is 8.01. The van der Waals surface area contributed by atoms with Gasteiger partial charge in [-0.1, -0.05) is 18.1 Å². The number of carbonyl (C=O) groups is 1. The Hall–Kier alpha value is -2.28. The lowest BCUT2D eigenvalue weighted by atomic mass is 10.1. The second-order valence-electron chi connectivity index (χ2n) is 5.97. The van der Waals surface area contributed by atoms with Crippen LogP contribution in [0.2, 0.25) is 0 Å². The van der Waals surface area contributed by atoms with Crippen LogP contribution in [0.5, 0.6) is 0 Å². The normalized spacial score (nSPS) is 12.4. The van der Waals surface area contributed by atoms with E-state index < -0.39 is 11.7 Å². The van der Waals surface area contributed by atoms with E-state index in [1.165, 1.54) is 12.1 Å². The molecule has 0 aliphatic rings. The number of hydrogen-bond acceptors (Lipinski definition) is 5. The summed E-state index contributed by atoms with van der Waals surface area (Å²) in [4.78, 5) is 18.4. The third-order valence-electron chi connectivity index (χ3n) is 3.57. The van der Waals surface area contributed by atoms with Gasteiger partial charge in [0.1, 0.15) is 5.82 Å². The molecule has 0 aliphatic heterocycles. The SMILES string of the molecule is CCCN(C)C[C@@H](C)NC(=O)c1ccc(-c2noc(C)n2)cc1F. The van der Waals surface area contributed by atoms with E-state index in [-0.39, 0.29) is 11.6 Å². The summed E-state index contributed by atoms with van der Waals surface area (Å²) in [6.07, 6.45) is 1.04. The van der Waals surface area contributed by atoms with Crippen molar-refractivity contribution in [2.24, 2.45) is 0 Å². The van der Waals surface area contributed by atoms with E-state index >= 15 is 0 Å². The highest BCUT2D eigenvalue weighted by Crippen LogP contribution is 2.19. The summed E-state index contributed by atoms with van der Waals surface area (Å²) in [5, 5.41) is 6.56. The summed E-state index contributed by atoms with van der Waals surface area (Å²) in [6, 6.07) is 4.21. The average Bonchev–Trinajstić information content (AvgIpc) is 2.93. The Morgan fingerprint density at radius 2 is 2.21 bits per heavy atom. The largest absolute Gasteiger partial charge is 0.348 e. The van der Waals surface area contributed by atoms with Gasteiger partial charge in [-0.05, 0) is 39.1 Å². The molecule has 0 saturated heterocycles. The number of nitrogens with one attached hydrogen (secondary N) is 1. The van der Waals surface area contributed by atoms with Crippen molar-refractivity contribution in [3.63, 3.8) is 0 Å². The first kappa shape index (κ1) is 18.1. The van der Waals surface area contributed by atoms with Crippen molar-refractivity contribution in [2.45, 2.75) is 33.2 Å². The molecule has 0 fully saturated rings. The van der Waals surface area contributed by atoms with E-state index in [0.29, 0.717) is 23.8 Å². The number of halogens is 1. The lowest BCUT2D eigenvalue weighted by Gasteiger charge is -2.21. The molecule has 1 atom stereocenters. The minimum Gasteiger partial charge on any atom is -0.348 e. The molecule has 6 nitrogen and oxygen atoms in total. The quantitative estimate of drug-likeness (QED) is 0.843. The van der Waals surface area contributed by atoms with Crippen LogP contribution in [-0.2, 0) is 0 Å². The summed E-state index contributed by atoms with van der Waals surface area (Å²) < 4.78 is 19.1. The zero-order chi connectivity index (χ0) is 17.7. The lowest BCUT2D eigenvalue weighted by Crippen LogP contribution is -2.41. The number of nitrogens with zero attached hydrogens (tertiary/aromatic N) is 3. The highest BCUT2D eigenvalue weighted by Gasteiger charge is 2.17. The summed E-state index contributed by atoms with van der Waals surface area (Å²) in [7, 11) is 1.99. The molecule has 1 heterocycles. The maximum absolute atomic E-state index is 14.3. The molecule has 7 heteroatoms. The summed E-state index contributed by atoms with van der Waals surface area (Å²) >= 11 is 0. The maximum atomic E-state index is 14.3. The van der Waals surface area contributed by atoms with Crippen LogP contribution in [0.4, 0.5) is 4.39 Å². The molecule has 1 N–H and O–H groups in total. The number of rotatable bonds is 7. The van der Waals surface area contributed by atoms with Crippen LogP contribution in [-0.4, -0.2) is 47.1 Å². The number of hydrogen-bond donors (Lipinski definition) is 1. The van der Waals surface area contributed by atoms with Gasteiger partial charge in [0, 0.05) is 25.1 Å². The summed E-state index contributed by atoms with van der Waals surface area (Å²) in [5.74, 6) is -0.340. The monoisotopic (exact) mass is 334 g/mol. The molecule has 0 radical (unpaired) electrons. The van der Waals surface area contributed by atoms with Crippen LogP contribution in [0.3, 0.4) is 0 Å². The number of aryl methyl sites for hydroxylation is 1. The van der Waals surface area contributed by atoms with Crippen molar-refractivity contribution < 1.29 is 13.7 Å². The second-order valence-corrected chi connectivity index (χ2v) is 5.97. The van der Waals surface area contributed by atoms with Gasteiger partial charge in [-0.3, -0.25) is 4.79 Å². The first-order valence-corrected chi connectivity index (χ1v) is 8.00. The standard InChI is InChI=1S/C17H23FN4O2/c1-5-8-22(4)10-11(2)19-17(23)14-7-6-13(9-15(14)18)16-20-12(3)24-21-16/h6-7,9,11H,5,8,10H2,1-4H3,(H,19,23)/t11-/m1/s1. The highest BCUT2D eigenvalue weighted by atomic mass is 19.1. The Kier molecular flexibility index (Phi) is 6.03. The fourth-order valence-electron chi connectivity index (χ4n) is 2.54. The molecule has 24 heavy (non-hydrogen) atoms. The molecule has 1 aromatic heterocycles. The first-order chi connectivity index (χ1) is 11.4. The molecular formula is C17H23FN4O2. The van der Waals surface area contributed by atoms with Crippen molar-refractivity contribution in [3.05, 3.63) is 35.5 Å². The van der Waals surface area contributed by atoms with Crippen molar-refractivity contribution in [2.75, 3.05) is 20.1 Å². The highest BCUT2D eigenvalue weighted by molar-refractivity contribution is 5.95. The van der Waals surface area contributed by atoms with Gasteiger partial charge >= 0.3 is 0 Å². The van der Waals surface area contributed by atoms with Gasteiger partial charge in [0.25, 0.3) is 5.91 Å². The first-order valence-electron chi connectivity index (χ1n) is 8.00. The van der Waals surface area contributed by atoms with Crippen LogP contribution < -0.4 is 5.32 Å². The molecule has 0 spiro atoms.